The highest BCUT2D eigenvalue weighted by Gasteiger charge is 2.12. The highest BCUT2D eigenvalue weighted by molar-refractivity contribution is 5.58. The van der Waals surface area contributed by atoms with Crippen molar-refractivity contribution >= 4 is 17.3 Å². The van der Waals surface area contributed by atoms with Gasteiger partial charge in [-0.3, -0.25) is 0 Å². The van der Waals surface area contributed by atoms with Crippen LogP contribution in [0, 0.1) is 13.8 Å². The maximum Gasteiger partial charge on any atom is 0.352 e. The van der Waals surface area contributed by atoms with Gasteiger partial charge in [0.15, 0.2) is 0 Å². The zero-order valence-electron chi connectivity index (χ0n) is 14.7. The topological polar surface area (TPSA) is 64.2 Å². The van der Waals surface area contributed by atoms with Crippen LogP contribution < -0.4 is 11.0 Å². The highest BCUT2D eigenvalue weighted by Crippen LogP contribution is 2.16. The summed E-state index contributed by atoms with van der Waals surface area (Å²) >= 11 is 0. The molecule has 0 amide bonds. The smallest absolute Gasteiger partial charge is 0.340 e. The van der Waals surface area contributed by atoms with Gasteiger partial charge in [0.1, 0.15) is 5.82 Å². The summed E-state index contributed by atoms with van der Waals surface area (Å²) < 4.78 is 2.98. The standard InChI is InChI=1S/C20H19N5O/c1-14-8-10-17(11-9-14)21-18-12-15(2)25-19(22-18)23-24(20(25)26)13-16-6-4-3-5-7-16/h3-12H,13H2,1-2H3,(H,21,22,23). The van der Waals surface area contributed by atoms with Gasteiger partial charge in [-0.2, -0.15) is 4.98 Å². The number of nitrogens with one attached hydrogen (secondary N) is 1. The van der Waals surface area contributed by atoms with E-state index in [1.54, 1.807) is 0 Å². The number of anilines is 2. The van der Waals surface area contributed by atoms with Crippen LogP contribution in [0.15, 0.2) is 65.5 Å². The first-order chi connectivity index (χ1) is 12.6. The van der Waals surface area contributed by atoms with Crippen LogP contribution in [0.1, 0.15) is 16.8 Å². The van der Waals surface area contributed by atoms with Crippen molar-refractivity contribution in [2.75, 3.05) is 5.32 Å². The molecule has 130 valence electrons. The number of aryl methyl sites for hydroxylation is 2. The molecule has 2 aromatic heterocycles. The molecule has 0 spiro atoms. The second kappa shape index (κ2) is 6.48. The first-order valence-corrected chi connectivity index (χ1v) is 8.45. The number of hydrogen-bond acceptors (Lipinski definition) is 4. The van der Waals surface area contributed by atoms with Crippen LogP contribution in [0.4, 0.5) is 11.5 Å². The lowest BCUT2D eigenvalue weighted by atomic mass is 10.2. The molecular weight excluding hydrogens is 326 g/mol. The van der Waals surface area contributed by atoms with E-state index in [1.165, 1.54) is 14.6 Å². The molecule has 0 saturated carbocycles. The second-order valence-corrected chi connectivity index (χ2v) is 6.34. The van der Waals surface area contributed by atoms with E-state index in [1.807, 2.05) is 74.5 Å². The van der Waals surface area contributed by atoms with E-state index in [4.69, 9.17) is 0 Å². The maximum atomic E-state index is 12.7. The molecule has 6 heteroatoms. The molecular formula is C20H19N5O. The third-order valence-corrected chi connectivity index (χ3v) is 4.24. The fourth-order valence-electron chi connectivity index (χ4n) is 2.89. The number of aromatic nitrogens is 4. The Labute approximate surface area is 150 Å². The van der Waals surface area contributed by atoms with E-state index in [9.17, 15) is 4.79 Å². The van der Waals surface area contributed by atoms with Crippen LogP contribution in [-0.2, 0) is 6.54 Å². The Balaban J connectivity index is 1.70. The third kappa shape index (κ3) is 3.09. The Kier molecular flexibility index (Phi) is 4.01. The van der Waals surface area contributed by atoms with Gasteiger partial charge in [-0.1, -0.05) is 48.0 Å². The molecule has 0 aliphatic rings. The van der Waals surface area contributed by atoms with Gasteiger partial charge in [0.05, 0.1) is 6.54 Å². The van der Waals surface area contributed by atoms with Gasteiger partial charge in [0, 0.05) is 17.4 Å². The second-order valence-electron chi connectivity index (χ2n) is 6.34. The zero-order chi connectivity index (χ0) is 18.1. The van der Waals surface area contributed by atoms with Crippen molar-refractivity contribution in [2.24, 2.45) is 0 Å². The van der Waals surface area contributed by atoms with Crippen molar-refractivity contribution in [3.05, 3.63) is 88.0 Å². The van der Waals surface area contributed by atoms with E-state index in [-0.39, 0.29) is 5.69 Å². The van der Waals surface area contributed by atoms with E-state index >= 15 is 0 Å². The molecule has 0 bridgehead atoms. The Bertz CT molecular complexity index is 1110. The molecule has 0 atom stereocenters. The van der Waals surface area contributed by atoms with Gasteiger partial charge < -0.3 is 5.32 Å². The molecule has 4 aromatic rings. The number of hydrogen-bond donors (Lipinski definition) is 1. The molecule has 2 heterocycles. The van der Waals surface area contributed by atoms with Gasteiger partial charge >= 0.3 is 5.69 Å². The SMILES string of the molecule is Cc1ccc(Nc2cc(C)n3c(=O)n(Cc4ccccc4)nc3n2)cc1. The van der Waals surface area contributed by atoms with Crippen molar-refractivity contribution in [1.29, 1.82) is 0 Å². The average molecular weight is 345 g/mol. The molecule has 0 unspecified atom stereocenters. The van der Waals surface area contributed by atoms with Crippen LogP contribution in [-0.4, -0.2) is 19.2 Å². The number of rotatable bonds is 4. The van der Waals surface area contributed by atoms with Crippen molar-refractivity contribution < 1.29 is 0 Å². The Morgan fingerprint density at radius 3 is 2.46 bits per heavy atom. The maximum absolute atomic E-state index is 12.7. The molecule has 0 radical (unpaired) electrons. The minimum Gasteiger partial charge on any atom is -0.340 e. The van der Waals surface area contributed by atoms with E-state index < -0.39 is 0 Å². The van der Waals surface area contributed by atoms with Crippen molar-refractivity contribution in [1.82, 2.24) is 19.2 Å². The first kappa shape index (κ1) is 16.1. The normalized spacial score (nSPS) is 11.0. The summed E-state index contributed by atoms with van der Waals surface area (Å²) in [6.45, 7) is 4.35. The van der Waals surface area contributed by atoms with Gasteiger partial charge in [-0.05, 0) is 31.5 Å². The largest absolute Gasteiger partial charge is 0.352 e. The van der Waals surface area contributed by atoms with E-state index in [0.29, 0.717) is 18.1 Å². The molecule has 0 saturated heterocycles. The van der Waals surface area contributed by atoms with Gasteiger partial charge in [-0.25, -0.2) is 13.9 Å². The predicted octanol–water partition coefficient (Wildman–Crippen LogP) is 3.30. The average Bonchev–Trinajstić information content (AvgIpc) is 2.94. The summed E-state index contributed by atoms with van der Waals surface area (Å²) in [7, 11) is 0. The Hall–Kier alpha value is -3.41. The lowest BCUT2D eigenvalue weighted by Crippen LogP contribution is -2.22. The van der Waals surface area contributed by atoms with Gasteiger partial charge in [0.2, 0.25) is 0 Å². The predicted molar refractivity (Wildman–Crippen MR) is 102 cm³/mol. The zero-order valence-corrected chi connectivity index (χ0v) is 14.7. The van der Waals surface area contributed by atoms with Gasteiger partial charge in [0.25, 0.3) is 5.78 Å². The van der Waals surface area contributed by atoms with Crippen LogP contribution in [0.5, 0.6) is 0 Å². The summed E-state index contributed by atoms with van der Waals surface area (Å²) in [6, 6.07) is 19.7. The van der Waals surface area contributed by atoms with Gasteiger partial charge in [-0.15, -0.1) is 5.10 Å². The van der Waals surface area contributed by atoms with Crippen molar-refractivity contribution in [3.8, 4) is 0 Å². The molecule has 0 fully saturated rings. The van der Waals surface area contributed by atoms with E-state index in [2.05, 4.69) is 15.4 Å². The molecule has 1 N–H and O–H groups in total. The summed E-state index contributed by atoms with van der Waals surface area (Å²) in [5, 5.41) is 7.67. The third-order valence-electron chi connectivity index (χ3n) is 4.24. The molecule has 6 nitrogen and oxygen atoms in total. The van der Waals surface area contributed by atoms with Crippen LogP contribution in [0.2, 0.25) is 0 Å². The highest BCUT2D eigenvalue weighted by atomic mass is 16.2. The Morgan fingerprint density at radius 2 is 1.73 bits per heavy atom. The van der Waals surface area contributed by atoms with Crippen molar-refractivity contribution in [2.45, 2.75) is 20.4 Å². The molecule has 0 aliphatic carbocycles. The monoisotopic (exact) mass is 345 g/mol. The summed E-state index contributed by atoms with van der Waals surface area (Å²) in [5.74, 6) is 1.05. The molecule has 4 rings (SSSR count). The molecule has 0 aliphatic heterocycles. The minimum atomic E-state index is -0.185. The van der Waals surface area contributed by atoms with Crippen LogP contribution >= 0.6 is 0 Å². The first-order valence-electron chi connectivity index (χ1n) is 8.45. The number of fused-ring (bicyclic) bond motifs is 1. The Morgan fingerprint density at radius 1 is 1.00 bits per heavy atom. The fourth-order valence-corrected chi connectivity index (χ4v) is 2.89. The van der Waals surface area contributed by atoms with Crippen molar-refractivity contribution in [3.63, 3.8) is 0 Å². The summed E-state index contributed by atoms with van der Waals surface area (Å²) in [6.07, 6.45) is 0. The summed E-state index contributed by atoms with van der Waals surface area (Å²) in [5.41, 5.74) is 3.76. The summed E-state index contributed by atoms with van der Waals surface area (Å²) in [4.78, 5) is 17.2. The van der Waals surface area contributed by atoms with E-state index in [0.717, 1.165) is 16.9 Å². The number of nitrogens with zero attached hydrogens (tertiary/aromatic N) is 4. The molecule has 2 aromatic carbocycles. The lowest BCUT2D eigenvalue weighted by Gasteiger charge is -2.07. The quantitative estimate of drug-likeness (QED) is 0.616. The fraction of sp³-hybridized carbons (Fsp3) is 0.150. The number of benzene rings is 2. The van der Waals surface area contributed by atoms with Crippen LogP contribution in [0.3, 0.4) is 0 Å². The van der Waals surface area contributed by atoms with Crippen LogP contribution in [0.25, 0.3) is 5.78 Å². The molecule has 26 heavy (non-hydrogen) atoms. The lowest BCUT2D eigenvalue weighted by molar-refractivity contribution is 0.657. The minimum absolute atomic E-state index is 0.185.